The Bertz CT molecular complexity index is 349. The van der Waals surface area contributed by atoms with Crippen LogP contribution < -0.4 is 4.90 Å². The van der Waals surface area contributed by atoms with Crippen LogP contribution in [0.5, 0.6) is 0 Å². The van der Waals surface area contributed by atoms with Gasteiger partial charge < -0.3 is 4.90 Å². The third kappa shape index (κ3) is 1.37. The van der Waals surface area contributed by atoms with Gasteiger partial charge in [-0.2, -0.15) is 0 Å². The summed E-state index contributed by atoms with van der Waals surface area (Å²) in [6, 6.07) is 0.656. The summed E-state index contributed by atoms with van der Waals surface area (Å²) in [7, 11) is 4.02. The summed E-state index contributed by atoms with van der Waals surface area (Å²) in [5.74, 6) is 0.940. The summed E-state index contributed by atoms with van der Waals surface area (Å²) < 4.78 is 2.59. The van der Waals surface area contributed by atoms with E-state index in [9.17, 15) is 0 Å². The number of nitrogens with zero attached hydrogens (tertiary/aromatic N) is 3. The van der Waals surface area contributed by atoms with Gasteiger partial charge in [0, 0.05) is 20.1 Å². The highest BCUT2D eigenvalue weighted by atomic mass is 32.1. The third-order valence-electron chi connectivity index (χ3n) is 2.79. The molecule has 0 saturated heterocycles. The number of aromatic nitrogens is 3. The third-order valence-corrected chi connectivity index (χ3v) is 3.16. The van der Waals surface area contributed by atoms with Crippen LogP contribution in [0.3, 0.4) is 0 Å². The molecule has 72 valence electrons. The molecule has 0 amide bonds. The van der Waals surface area contributed by atoms with E-state index in [0.717, 1.165) is 5.95 Å². The van der Waals surface area contributed by atoms with E-state index in [1.165, 1.54) is 19.3 Å². The number of hydrogen-bond donors (Lipinski definition) is 1. The van der Waals surface area contributed by atoms with Gasteiger partial charge in [-0.25, -0.2) is 5.10 Å². The molecule has 1 aliphatic carbocycles. The molecule has 13 heavy (non-hydrogen) atoms. The van der Waals surface area contributed by atoms with Gasteiger partial charge in [0.25, 0.3) is 0 Å². The maximum Gasteiger partial charge on any atom is 0.225 e. The van der Waals surface area contributed by atoms with Crippen LogP contribution in [-0.4, -0.2) is 27.9 Å². The first kappa shape index (κ1) is 8.74. The van der Waals surface area contributed by atoms with Crippen molar-refractivity contribution < 1.29 is 0 Å². The molecule has 2 rings (SSSR count). The van der Waals surface area contributed by atoms with E-state index in [4.69, 9.17) is 12.2 Å². The average molecular weight is 198 g/mol. The molecule has 1 saturated carbocycles. The minimum Gasteiger partial charge on any atom is -0.341 e. The topological polar surface area (TPSA) is 36.9 Å². The number of H-pyrrole nitrogens is 1. The molecule has 0 spiro atoms. The number of anilines is 1. The molecule has 1 fully saturated rings. The lowest BCUT2D eigenvalue weighted by atomic mass is 9.92. The highest BCUT2D eigenvalue weighted by Crippen LogP contribution is 2.26. The van der Waals surface area contributed by atoms with E-state index >= 15 is 0 Å². The molecule has 1 aromatic heterocycles. The lowest BCUT2D eigenvalue weighted by Crippen LogP contribution is -2.38. The normalized spacial score (nSPS) is 17.1. The van der Waals surface area contributed by atoms with Crippen LogP contribution in [0.25, 0.3) is 0 Å². The molecule has 1 aliphatic rings. The number of nitrogens with one attached hydrogen (secondary N) is 1. The zero-order valence-corrected chi connectivity index (χ0v) is 8.77. The second-order valence-corrected chi connectivity index (χ2v) is 3.97. The summed E-state index contributed by atoms with van der Waals surface area (Å²) in [5, 5.41) is 6.98. The van der Waals surface area contributed by atoms with Crippen LogP contribution in [-0.2, 0) is 7.05 Å². The molecule has 0 unspecified atom stereocenters. The number of hydrogen-bond acceptors (Lipinski definition) is 3. The highest BCUT2D eigenvalue weighted by Gasteiger charge is 2.24. The van der Waals surface area contributed by atoms with Gasteiger partial charge in [0.1, 0.15) is 0 Å². The molecule has 1 heterocycles. The van der Waals surface area contributed by atoms with Crippen LogP contribution >= 0.6 is 12.2 Å². The van der Waals surface area contributed by atoms with Gasteiger partial charge in [-0.1, -0.05) is 0 Å². The molecule has 1 aromatic rings. The van der Waals surface area contributed by atoms with Crippen LogP contribution in [0, 0.1) is 4.77 Å². The monoisotopic (exact) mass is 198 g/mol. The van der Waals surface area contributed by atoms with Crippen LogP contribution in [0.15, 0.2) is 0 Å². The Morgan fingerprint density at radius 1 is 1.62 bits per heavy atom. The summed E-state index contributed by atoms with van der Waals surface area (Å²) >= 11 is 5.05. The van der Waals surface area contributed by atoms with Crippen molar-refractivity contribution in [3.05, 3.63) is 4.77 Å². The predicted molar refractivity (Wildman–Crippen MR) is 54.4 cm³/mol. The van der Waals surface area contributed by atoms with Gasteiger partial charge in [0.05, 0.1) is 0 Å². The standard InChI is InChI=1S/C8H14N4S/c1-11(6-4-3-5-6)7-9-10-8(13)12(7)2/h6H,3-5H2,1-2H3,(H,10,13). The average Bonchev–Trinajstić information content (AvgIpc) is 2.29. The molecule has 4 nitrogen and oxygen atoms in total. The van der Waals surface area contributed by atoms with Crippen molar-refractivity contribution in [3.63, 3.8) is 0 Å². The van der Waals surface area contributed by atoms with Crippen LogP contribution in [0.4, 0.5) is 5.95 Å². The van der Waals surface area contributed by atoms with E-state index in [1.54, 1.807) is 0 Å². The molecular formula is C8H14N4S. The van der Waals surface area contributed by atoms with E-state index in [-0.39, 0.29) is 0 Å². The smallest absolute Gasteiger partial charge is 0.225 e. The fourth-order valence-electron chi connectivity index (χ4n) is 1.59. The number of aromatic amines is 1. The Balaban J connectivity index is 2.23. The second-order valence-electron chi connectivity index (χ2n) is 3.58. The Kier molecular flexibility index (Phi) is 2.11. The fourth-order valence-corrected chi connectivity index (χ4v) is 1.72. The Labute approximate surface area is 82.6 Å². The van der Waals surface area contributed by atoms with E-state index < -0.39 is 0 Å². The lowest BCUT2D eigenvalue weighted by molar-refractivity contribution is 0.395. The first-order valence-corrected chi connectivity index (χ1v) is 4.95. The first-order valence-electron chi connectivity index (χ1n) is 4.54. The van der Waals surface area contributed by atoms with Crippen molar-refractivity contribution in [3.8, 4) is 0 Å². The van der Waals surface area contributed by atoms with Crippen LogP contribution in [0.1, 0.15) is 19.3 Å². The zero-order chi connectivity index (χ0) is 9.42. The summed E-state index contributed by atoms with van der Waals surface area (Å²) in [6.45, 7) is 0. The van der Waals surface area contributed by atoms with Crippen molar-refractivity contribution in [1.82, 2.24) is 14.8 Å². The lowest BCUT2D eigenvalue weighted by Gasteiger charge is -2.34. The predicted octanol–water partition coefficient (Wildman–Crippen LogP) is 1.47. The molecule has 1 N–H and O–H groups in total. The fraction of sp³-hybridized carbons (Fsp3) is 0.750. The van der Waals surface area contributed by atoms with Crippen molar-refractivity contribution >= 4 is 18.2 Å². The zero-order valence-electron chi connectivity index (χ0n) is 7.95. The van der Waals surface area contributed by atoms with Crippen molar-refractivity contribution in [2.24, 2.45) is 7.05 Å². The SMILES string of the molecule is CN(c1n[nH]c(=S)n1C)C1CCC1. The molecule has 5 heteroatoms. The van der Waals surface area contributed by atoms with Crippen molar-refractivity contribution in [2.75, 3.05) is 11.9 Å². The van der Waals surface area contributed by atoms with Crippen molar-refractivity contribution in [2.45, 2.75) is 25.3 Å². The largest absolute Gasteiger partial charge is 0.341 e. The molecule has 0 bridgehead atoms. The molecule has 0 aromatic carbocycles. The van der Waals surface area contributed by atoms with Gasteiger partial charge >= 0.3 is 0 Å². The van der Waals surface area contributed by atoms with Crippen molar-refractivity contribution in [1.29, 1.82) is 0 Å². The van der Waals surface area contributed by atoms with Crippen LogP contribution in [0.2, 0.25) is 0 Å². The minimum atomic E-state index is 0.656. The summed E-state index contributed by atoms with van der Waals surface area (Å²) in [4.78, 5) is 2.20. The second kappa shape index (κ2) is 3.14. The molecule has 0 aliphatic heterocycles. The van der Waals surface area contributed by atoms with E-state index in [1.807, 2.05) is 11.6 Å². The van der Waals surface area contributed by atoms with Gasteiger partial charge in [-0.15, -0.1) is 5.10 Å². The summed E-state index contributed by atoms with van der Waals surface area (Å²) in [5.41, 5.74) is 0. The van der Waals surface area contributed by atoms with Gasteiger partial charge in [0.15, 0.2) is 4.77 Å². The van der Waals surface area contributed by atoms with Gasteiger partial charge in [0.2, 0.25) is 5.95 Å². The maximum atomic E-state index is 5.05. The molecule has 0 radical (unpaired) electrons. The Morgan fingerprint density at radius 3 is 2.69 bits per heavy atom. The Hall–Kier alpha value is -0.840. The summed E-state index contributed by atoms with van der Waals surface area (Å²) in [6.07, 6.45) is 3.89. The molecule has 0 atom stereocenters. The highest BCUT2D eigenvalue weighted by molar-refractivity contribution is 7.71. The molecular weight excluding hydrogens is 184 g/mol. The Morgan fingerprint density at radius 2 is 2.31 bits per heavy atom. The van der Waals surface area contributed by atoms with E-state index in [0.29, 0.717) is 10.8 Å². The van der Waals surface area contributed by atoms with E-state index in [2.05, 4.69) is 22.1 Å². The van der Waals surface area contributed by atoms with Gasteiger partial charge in [-0.05, 0) is 31.5 Å². The number of rotatable bonds is 2. The van der Waals surface area contributed by atoms with Gasteiger partial charge in [-0.3, -0.25) is 4.57 Å². The first-order chi connectivity index (χ1) is 6.20. The quantitative estimate of drug-likeness (QED) is 0.731. The maximum absolute atomic E-state index is 5.05. The minimum absolute atomic E-state index is 0.656.